The molecule has 5 nitrogen and oxygen atoms in total. The van der Waals surface area contributed by atoms with E-state index in [1.165, 1.54) is 29.0 Å². The molecule has 0 spiro atoms. The molecule has 3 aromatic rings. The fourth-order valence-electron chi connectivity index (χ4n) is 3.46. The summed E-state index contributed by atoms with van der Waals surface area (Å²) >= 11 is 3.46. The third-order valence-electron chi connectivity index (χ3n) is 5.29. The Morgan fingerprint density at radius 3 is 2.57 bits per heavy atom. The predicted octanol–water partition coefficient (Wildman–Crippen LogP) is 4.58. The van der Waals surface area contributed by atoms with Crippen LogP contribution >= 0.6 is 23.1 Å². The third kappa shape index (κ3) is 4.59. The third-order valence-corrected chi connectivity index (χ3v) is 7.02. The second-order valence-electron chi connectivity index (χ2n) is 7.36. The van der Waals surface area contributed by atoms with Crippen LogP contribution in [0.5, 0.6) is 0 Å². The molecule has 148 valence electrons. The number of hydrogen-bond acceptors (Lipinski definition) is 6. The molecule has 0 atom stereocenters. The van der Waals surface area contributed by atoms with Gasteiger partial charge in [-0.15, -0.1) is 22.0 Å². The summed E-state index contributed by atoms with van der Waals surface area (Å²) in [7, 11) is 0. The van der Waals surface area contributed by atoms with Crippen LogP contribution in [0.25, 0.3) is 5.13 Å². The monoisotopic (exact) mass is 413 g/mol. The summed E-state index contributed by atoms with van der Waals surface area (Å²) in [5.74, 6) is 0.822. The highest BCUT2D eigenvalue weighted by atomic mass is 32.2. The van der Waals surface area contributed by atoms with Gasteiger partial charge in [-0.2, -0.15) is 0 Å². The van der Waals surface area contributed by atoms with Gasteiger partial charge in [0.15, 0.2) is 0 Å². The molecule has 1 aliphatic rings. The highest BCUT2D eigenvalue weighted by molar-refractivity contribution is 7.98. The average Bonchev–Trinajstić information content (AvgIpc) is 3.38. The first kappa shape index (κ1) is 19.5. The molecule has 7 heteroatoms. The van der Waals surface area contributed by atoms with Crippen molar-refractivity contribution in [3.8, 4) is 5.13 Å². The fourth-order valence-corrected chi connectivity index (χ4v) is 4.78. The van der Waals surface area contributed by atoms with Gasteiger partial charge in [0.05, 0.1) is 0 Å². The van der Waals surface area contributed by atoms with Gasteiger partial charge in [0.1, 0.15) is 0 Å². The van der Waals surface area contributed by atoms with Crippen LogP contribution in [0.2, 0.25) is 0 Å². The van der Waals surface area contributed by atoms with Crippen LogP contribution in [0.3, 0.4) is 0 Å². The Morgan fingerprint density at radius 2 is 1.82 bits per heavy atom. The normalized spacial score (nSPS) is 15.3. The van der Waals surface area contributed by atoms with E-state index >= 15 is 0 Å². The van der Waals surface area contributed by atoms with Crippen LogP contribution in [-0.4, -0.2) is 34.1 Å². The van der Waals surface area contributed by atoms with E-state index in [1.54, 1.807) is 23.1 Å². The van der Waals surface area contributed by atoms with Crippen molar-refractivity contribution in [2.24, 2.45) is 5.92 Å². The first-order chi connectivity index (χ1) is 13.7. The van der Waals surface area contributed by atoms with E-state index in [2.05, 4.69) is 80.8 Å². The highest BCUT2D eigenvalue weighted by Gasteiger charge is 2.20. The lowest BCUT2D eigenvalue weighted by Gasteiger charge is -2.29. The van der Waals surface area contributed by atoms with Crippen LogP contribution in [-0.2, 0) is 13.1 Å². The minimum absolute atomic E-state index is 0.799. The maximum absolute atomic E-state index is 4.46. The maximum Gasteiger partial charge on any atom is 0.218 e. The molecule has 1 fully saturated rings. The molecular formula is C21H27N5S2. The van der Waals surface area contributed by atoms with E-state index in [0.717, 1.165) is 42.4 Å². The predicted molar refractivity (Wildman–Crippen MR) is 119 cm³/mol. The van der Waals surface area contributed by atoms with Crippen molar-refractivity contribution >= 4 is 28.2 Å². The Labute approximate surface area is 175 Å². The Balaban J connectivity index is 1.37. The largest absolute Gasteiger partial charge is 0.347 e. The number of piperidine rings is 1. The minimum Gasteiger partial charge on any atom is -0.347 e. The second kappa shape index (κ2) is 9.11. The Morgan fingerprint density at radius 1 is 1.07 bits per heavy atom. The summed E-state index contributed by atoms with van der Waals surface area (Å²) in [5.41, 5.74) is 2.50. The van der Waals surface area contributed by atoms with Crippen LogP contribution in [0.4, 0.5) is 5.13 Å². The lowest BCUT2D eigenvalue weighted by atomic mass is 10.00. The van der Waals surface area contributed by atoms with Gasteiger partial charge in [-0.3, -0.25) is 4.57 Å². The summed E-state index contributed by atoms with van der Waals surface area (Å²) in [6.45, 7) is 6.16. The molecule has 0 aliphatic carbocycles. The van der Waals surface area contributed by atoms with Gasteiger partial charge in [-0.1, -0.05) is 30.4 Å². The number of anilines is 1. The highest BCUT2D eigenvalue weighted by Crippen LogP contribution is 2.28. The van der Waals surface area contributed by atoms with Gasteiger partial charge in [0.25, 0.3) is 0 Å². The van der Waals surface area contributed by atoms with Crippen LogP contribution in [0.15, 0.2) is 47.5 Å². The summed E-state index contributed by atoms with van der Waals surface area (Å²) < 4.78 is 2.15. The molecule has 28 heavy (non-hydrogen) atoms. The van der Waals surface area contributed by atoms with Gasteiger partial charge in [-0.05, 0) is 54.8 Å². The molecule has 1 aliphatic heterocycles. The van der Waals surface area contributed by atoms with E-state index < -0.39 is 0 Å². The Kier molecular flexibility index (Phi) is 6.34. The number of rotatable bonds is 7. The minimum atomic E-state index is 0.799. The number of nitrogens with one attached hydrogen (secondary N) is 1. The molecule has 3 heterocycles. The zero-order chi connectivity index (χ0) is 19.3. The zero-order valence-corrected chi connectivity index (χ0v) is 18.1. The molecule has 1 saturated heterocycles. The van der Waals surface area contributed by atoms with Gasteiger partial charge in [-0.25, -0.2) is 0 Å². The quantitative estimate of drug-likeness (QED) is 0.575. The summed E-state index contributed by atoms with van der Waals surface area (Å²) in [4.78, 5) is 3.67. The van der Waals surface area contributed by atoms with Crippen LogP contribution in [0, 0.1) is 5.92 Å². The summed E-state index contributed by atoms with van der Waals surface area (Å²) in [6, 6.07) is 13.0. The number of hydrogen-bond donors (Lipinski definition) is 1. The molecule has 2 aromatic heterocycles. The van der Waals surface area contributed by atoms with Crippen LogP contribution in [0.1, 0.15) is 31.0 Å². The molecular weight excluding hydrogens is 386 g/mol. The fraction of sp³-hybridized carbons (Fsp3) is 0.429. The number of benzene rings is 1. The Hall–Kier alpha value is -1.83. The topological polar surface area (TPSA) is 46.0 Å². The van der Waals surface area contributed by atoms with E-state index in [-0.39, 0.29) is 0 Å². The number of thioether (sulfide) groups is 1. The van der Waals surface area contributed by atoms with Gasteiger partial charge < -0.3 is 10.2 Å². The molecule has 0 unspecified atom stereocenters. The van der Waals surface area contributed by atoms with Crippen molar-refractivity contribution in [2.45, 2.75) is 37.8 Å². The van der Waals surface area contributed by atoms with E-state index in [4.69, 9.17) is 0 Å². The van der Waals surface area contributed by atoms with Crippen molar-refractivity contribution in [3.63, 3.8) is 0 Å². The smallest absolute Gasteiger partial charge is 0.218 e. The first-order valence-corrected chi connectivity index (χ1v) is 11.9. The number of nitrogens with zero attached hydrogens (tertiary/aromatic N) is 4. The molecule has 1 aromatic carbocycles. The SMILES string of the molecule is CSc1ccc(CNCc2cccn2-c2nnc(N3CCC(C)CC3)s2)cc1. The summed E-state index contributed by atoms with van der Waals surface area (Å²) in [5, 5.41) is 14.5. The number of aromatic nitrogens is 3. The van der Waals surface area contributed by atoms with E-state index in [9.17, 15) is 0 Å². The molecule has 4 rings (SSSR count). The van der Waals surface area contributed by atoms with Gasteiger partial charge in [0, 0.05) is 43.0 Å². The molecule has 0 saturated carbocycles. The second-order valence-corrected chi connectivity index (χ2v) is 9.17. The molecule has 1 N–H and O–H groups in total. The first-order valence-electron chi connectivity index (χ1n) is 9.81. The standard InChI is InChI=1S/C21H27N5S2/c1-16-9-12-25(13-10-16)20-23-24-21(28-20)26-11-3-4-18(26)15-22-14-17-5-7-19(27-2)8-6-17/h3-8,11,16,22H,9-10,12-15H2,1-2H3. The van der Waals surface area contributed by atoms with E-state index in [1.807, 2.05) is 0 Å². The lowest BCUT2D eigenvalue weighted by molar-refractivity contribution is 0.437. The van der Waals surface area contributed by atoms with E-state index in [0.29, 0.717) is 0 Å². The molecule has 0 bridgehead atoms. The van der Waals surface area contributed by atoms with Gasteiger partial charge >= 0.3 is 0 Å². The average molecular weight is 414 g/mol. The van der Waals surface area contributed by atoms with Crippen molar-refractivity contribution in [3.05, 3.63) is 53.9 Å². The maximum atomic E-state index is 4.46. The molecule has 0 radical (unpaired) electrons. The van der Waals surface area contributed by atoms with Gasteiger partial charge in [0.2, 0.25) is 10.3 Å². The van der Waals surface area contributed by atoms with Crippen molar-refractivity contribution in [2.75, 3.05) is 24.2 Å². The lowest BCUT2D eigenvalue weighted by Crippen LogP contribution is -2.32. The van der Waals surface area contributed by atoms with Crippen molar-refractivity contribution in [1.29, 1.82) is 0 Å². The zero-order valence-electron chi connectivity index (χ0n) is 16.5. The van der Waals surface area contributed by atoms with Crippen LogP contribution < -0.4 is 10.2 Å². The van der Waals surface area contributed by atoms with Crippen molar-refractivity contribution in [1.82, 2.24) is 20.1 Å². The summed E-state index contributed by atoms with van der Waals surface area (Å²) in [6.07, 6.45) is 6.66. The molecule has 0 amide bonds. The van der Waals surface area contributed by atoms with Crippen molar-refractivity contribution < 1.29 is 0 Å². The Bertz CT molecular complexity index is 878.